The second-order valence-corrected chi connectivity index (χ2v) is 6.71. The first-order chi connectivity index (χ1) is 12.2. The number of aliphatic carboxylic acids is 1. The molecule has 3 N–H and O–H groups in total. The highest BCUT2D eigenvalue weighted by Crippen LogP contribution is 2.06. The Balaban J connectivity index is 2.39. The molecule has 1 rings (SSSR count). The summed E-state index contributed by atoms with van der Waals surface area (Å²) in [6.45, 7) is 5.52. The largest absolute Gasteiger partial charge is 0.480 e. The normalized spacial score (nSPS) is 12.4. The number of carboxylic acid groups (broad SMARTS) is 1. The zero-order valence-corrected chi connectivity index (χ0v) is 15.3. The number of hydrogen-bond acceptors (Lipinski definition) is 4. The lowest BCUT2D eigenvalue weighted by Gasteiger charge is -2.20. The highest BCUT2D eigenvalue weighted by molar-refractivity contribution is 5.94. The third kappa shape index (κ3) is 9.46. The fourth-order valence-corrected chi connectivity index (χ4v) is 2.02. The van der Waals surface area contributed by atoms with Gasteiger partial charge in [-0.3, -0.25) is 4.79 Å². The number of nitrogens with one attached hydrogen (secondary N) is 2. The van der Waals surface area contributed by atoms with E-state index in [1.807, 2.05) is 30.3 Å². The lowest BCUT2D eigenvalue weighted by molar-refractivity contribution is -0.141. The summed E-state index contributed by atoms with van der Waals surface area (Å²) < 4.78 is 5.09. The maximum atomic E-state index is 11.9. The second-order valence-electron chi connectivity index (χ2n) is 6.71. The maximum absolute atomic E-state index is 11.9. The van der Waals surface area contributed by atoms with Gasteiger partial charge in [0.05, 0.1) is 0 Å². The van der Waals surface area contributed by atoms with Crippen molar-refractivity contribution < 1.29 is 24.2 Å². The molecule has 0 bridgehead atoms. The molecule has 142 valence electrons. The molecule has 0 saturated heterocycles. The predicted molar refractivity (Wildman–Crippen MR) is 98.5 cm³/mol. The zero-order valence-electron chi connectivity index (χ0n) is 15.3. The van der Waals surface area contributed by atoms with Crippen LogP contribution in [0.2, 0.25) is 0 Å². The molecule has 0 aliphatic heterocycles. The molecule has 2 amide bonds. The first-order valence-electron chi connectivity index (χ1n) is 8.40. The summed E-state index contributed by atoms with van der Waals surface area (Å²) in [6, 6.07) is 8.19. The van der Waals surface area contributed by atoms with Crippen LogP contribution in [-0.2, 0) is 14.3 Å². The number of hydrogen-bond donors (Lipinski definition) is 3. The van der Waals surface area contributed by atoms with Crippen LogP contribution >= 0.6 is 0 Å². The highest BCUT2D eigenvalue weighted by Gasteiger charge is 2.19. The van der Waals surface area contributed by atoms with Gasteiger partial charge in [0.25, 0.3) is 0 Å². The Bertz CT molecular complexity index is 635. The standard InChI is InChI=1S/C19H26N2O5/c1-19(2,3)26-18(25)20-13-7-10-15(17(23)24)21-16(22)12-11-14-8-5-4-6-9-14/h4-6,8-9,11-12,15H,7,10,13H2,1-3H3,(H,20,25)(H,21,22)(H,23,24)/b12-11+/t15-/m0/s1. The Kier molecular flexibility index (Phi) is 8.34. The first kappa shape index (κ1) is 21.2. The Morgan fingerprint density at radius 3 is 2.42 bits per heavy atom. The summed E-state index contributed by atoms with van der Waals surface area (Å²) >= 11 is 0. The minimum Gasteiger partial charge on any atom is -0.480 e. The molecule has 0 heterocycles. The number of carbonyl (C=O) groups is 3. The van der Waals surface area contributed by atoms with Crippen LogP contribution in [-0.4, -0.2) is 41.3 Å². The predicted octanol–water partition coefficient (Wildman–Crippen LogP) is 2.57. The highest BCUT2D eigenvalue weighted by atomic mass is 16.6. The van der Waals surface area contributed by atoms with Gasteiger partial charge in [0.15, 0.2) is 0 Å². The quantitative estimate of drug-likeness (QED) is 0.487. The second kappa shape index (κ2) is 10.2. The van der Waals surface area contributed by atoms with Crippen LogP contribution in [0.15, 0.2) is 36.4 Å². The van der Waals surface area contributed by atoms with E-state index in [0.717, 1.165) is 5.56 Å². The van der Waals surface area contributed by atoms with E-state index in [4.69, 9.17) is 4.74 Å². The van der Waals surface area contributed by atoms with Gasteiger partial charge < -0.3 is 20.5 Å². The van der Waals surface area contributed by atoms with Crippen LogP contribution in [0.5, 0.6) is 0 Å². The van der Waals surface area contributed by atoms with Crippen molar-refractivity contribution in [3.8, 4) is 0 Å². The lowest BCUT2D eigenvalue weighted by atomic mass is 10.1. The Labute approximate surface area is 153 Å². The molecule has 0 saturated carbocycles. The van der Waals surface area contributed by atoms with E-state index in [9.17, 15) is 19.5 Å². The van der Waals surface area contributed by atoms with Crippen LogP contribution in [0.25, 0.3) is 6.08 Å². The molecule has 0 aromatic heterocycles. The Hall–Kier alpha value is -2.83. The fraction of sp³-hybridized carbons (Fsp3) is 0.421. The van der Waals surface area contributed by atoms with Crippen molar-refractivity contribution >= 4 is 24.0 Å². The van der Waals surface area contributed by atoms with Crippen LogP contribution in [0.1, 0.15) is 39.2 Å². The van der Waals surface area contributed by atoms with E-state index < -0.39 is 29.6 Å². The van der Waals surface area contributed by atoms with Gasteiger partial charge in [-0.05, 0) is 45.3 Å². The van der Waals surface area contributed by atoms with Crippen LogP contribution < -0.4 is 10.6 Å². The van der Waals surface area contributed by atoms with Gasteiger partial charge in [0, 0.05) is 12.6 Å². The molecule has 1 atom stereocenters. The van der Waals surface area contributed by atoms with Crippen LogP contribution in [0, 0.1) is 0 Å². The average Bonchev–Trinajstić information content (AvgIpc) is 2.55. The molecule has 0 spiro atoms. The SMILES string of the molecule is CC(C)(C)OC(=O)NCCC[C@H](NC(=O)/C=C/c1ccccc1)C(=O)O. The van der Waals surface area contributed by atoms with Crippen molar-refractivity contribution in [1.29, 1.82) is 0 Å². The summed E-state index contributed by atoms with van der Waals surface area (Å²) in [7, 11) is 0. The minimum atomic E-state index is -1.12. The number of alkyl carbamates (subject to hydrolysis) is 1. The number of benzene rings is 1. The van der Waals surface area contributed by atoms with E-state index in [1.165, 1.54) is 6.08 Å². The van der Waals surface area contributed by atoms with Gasteiger partial charge >= 0.3 is 12.1 Å². The van der Waals surface area contributed by atoms with Gasteiger partial charge in [-0.2, -0.15) is 0 Å². The molecule has 1 aromatic rings. The number of carboxylic acids is 1. The van der Waals surface area contributed by atoms with E-state index >= 15 is 0 Å². The molecule has 7 nitrogen and oxygen atoms in total. The summed E-state index contributed by atoms with van der Waals surface area (Å²) in [5.41, 5.74) is 0.253. The number of ether oxygens (including phenoxy) is 1. The zero-order chi connectivity index (χ0) is 19.6. The molecule has 0 aliphatic rings. The van der Waals surface area contributed by atoms with Gasteiger partial charge in [0.1, 0.15) is 11.6 Å². The molecule has 7 heteroatoms. The van der Waals surface area contributed by atoms with Gasteiger partial charge in [0.2, 0.25) is 5.91 Å². The first-order valence-corrected chi connectivity index (χ1v) is 8.40. The van der Waals surface area contributed by atoms with Crippen molar-refractivity contribution in [3.05, 3.63) is 42.0 Å². The fourth-order valence-electron chi connectivity index (χ4n) is 2.02. The van der Waals surface area contributed by atoms with Crippen LogP contribution in [0.4, 0.5) is 4.79 Å². The van der Waals surface area contributed by atoms with E-state index in [-0.39, 0.29) is 13.0 Å². The maximum Gasteiger partial charge on any atom is 0.407 e. The van der Waals surface area contributed by atoms with Gasteiger partial charge in [-0.15, -0.1) is 0 Å². The Morgan fingerprint density at radius 1 is 1.19 bits per heavy atom. The number of rotatable bonds is 8. The summed E-state index contributed by atoms with van der Waals surface area (Å²) in [5, 5.41) is 14.2. The lowest BCUT2D eigenvalue weighted by Crippen LogP contribution is -2.40. The molecular weight excluding hydrogens is 336 g/mol. The molecule has 0 radical (unpaired) electrons. The van der Waals surface area contributed by atoms with Crippen molar-refractivity contribution in [2.24, 2.45) is 0 Å². The van der Waals surface area contributed by atoms with Crippen molar-refractivity contribution in [2.45, 2.75) is 45.3 Å². The molecular formula is C19H26N2O5. The van der Waals surface area contributed by atoms with E-state index in [2.05, 4.69) is 10.6 Å². The average molecular weight is 362 g/mol. The summed E-state index contributed by atoms with van der Waals surface area (Å²) in [5.74, 6) is -1.61. The molecule has 0 fully saturated rings. The third-order valence-corrected chi connectivity index (χ3v) is 3.18. The van der Waals surface area contributed by atoms with E-state index in [1.54, 1.807) is 26.8 Å². The number of amides is 2. The topological polar surface area (TPSA) is 105 Å². The summed E-state index contributed by atoms with van der Waals surface area (Å²) in [4.78, 5) is 34.7. The minimum absolute atomic E-state index is 0.191. The Morgan fingerprint density at radius 2 is 1.85 bits per heavy atom. The van der Waals surface area contributed by atoms with Crippen LogP contribution in [0.3, 0.4) is 0 Å². The van der Waals surface area contributed by atoms with Crippen molar-refractivity contribution in [3.63, 3.8) is 0 Å². The van der Waals surface area contributed by atoms with Gasteiger partial charge in [-0.1, -0.05) is 30.3 Å². The summed E-state index contributed by atoms with van der Waals surface area (Å²) in [6.07, 6.45) is 2.93. The number of carbonyl (C=O) groups excluding carboxylic acids is 2. The molecule has 26 heavy (non-hydrogen) atoms. The van der Waals surface area contributed by atoms with Crippen molar-refractivity contribution in [1.82, 2.24) is 10.6 Å². The van der Waals surface area contributed by atoms with E-state index in [0.29, 0.717) is 6.42 Å². The third-order valence-electron chi connectivity index (χ3n) is 3.18. The monoisotopic (exact) mass is 362 g/mol. The molecule has 0 aliphatic carbocycles. The molecule has 0 unspecified atom stereocenters. The van der Waals surface area contributed by atoms with Crippen molar-refractivity contribution in [2.75, 3.05) is 6.54 Å². The molecule has 1 aromatic carbocycles. The smallest absolute Gasteiger partial charge is 0.407 e. The van der Waals surface area contributed by atoms with Gasteiger partial charge in [-0.25, -0.2) is 9.59 Å².